The monoisotopic (exact) mass is 476 g/mol. The van der Waals surface area contributed by atoms with E-state index in [0.717, 1.165) is 55.6 Å². The van der Waals surface area contributed by atoms with Crippen molar-refractivity contribution < 1.29 is 4.74 Å². The second-order valence-electron chi connectivity index (χ2n) is 6.34. The van der Waals surface area contributed by atoms with Crippen molar-refractivity contribution in [2.24, 2.45) is 10.9 Å². The van der Waals surface area contributed by atoms with Crippen LogP contribution >= 0.6 is 35.6 Å². The standard InChI is InChI=1S/C18H25ClN4O.HI/c1-20-18(23(2)11-13-6-8-24-12-13)21-7-5-14-10-22-17-4-3-15(19)9-16(14)17;/h3-4,9-10,13,22H,5-8,11-12H2,1-2H3,(H,20,21);1H. The van der Waals surface area contributed by atoms with Crippen LogP contribution in [-0.4, -0.2) is 56.2 Å². The van der Waals surface area contributed by atoms with Crippen LogP contribution in [-0.2, 0) is 11.2 Å². The number of guanidine groups is 1. The van der Waals surface area contributed by atoms with Gasteiger partial charge in [-0.2, -0.15) is 0 Å². The molecule has 0 amide bonds. The second kappa shape index (κ2) is 9.64. The first-order valence-electron chi connectivity index (χ1n) is 8.42. The van der Waals surface area contributed by atoms with Crippen molar-refractivity contribution in [2.75, 3.05) is 40.4 Å². The second-order valence-corrected chi connectivity index (χ2v) is 6.77. The van der Waals surface area contributed by atoms with Gasteiger partial charge in [-0.1, -0.05) is 11.6 Å². The van der Waals surface area contributed by atoms with Gasteiger partial charge in [0.2, 0.25) is 0 Å². The van der Waals surface area contributed by atoms with E-state index in [1.54, 1.807) is 0 Å². The van der Waals surface area contributed by atoms with Crippen molar-refractivity contribution in [3.63, 3.8) is 0 Å². The lowest BCUT2D eigenvalue weighted by molar-refractivity contribution is 0.181. The Morgan fingerprint density at radius 3 is 3.04 bits per heavy atom. The molecular formula is C18H26ClIN4O. The molecule has 0 aliphatic carbocycles. The summed E-state index contributed by atoms with van der Waals surface area (Å²) in [6.07, 6.45) is 4.11. The highest BCUT2D eigenvalue weighted by molar-refractivity contribution is 14.0. The van der Waals surface area contributed by atoms with Crippen LogP contribution in [0, 0.1) is 5.92 Å². The number of nitrogens with one attached hydrogen (secondary N) is 2. The third-order valence-electron chi connectivity index (χ3n) is 4.54. The number of H-pyrrole nitrogens is 1. The van der Waals surface area contributed by atoms with Crippen molar-refractivity contribution in [1.29, 1.82) is 0 Å². The lowest BCUT2D eigenvalue weighted by Crippen LogP contribution is -2.42. The molecule has 1 fully saturated rings. The highest BCUT2D eigenvalue weighted by Crippen LogP contribution is 2.22. The SMILES string of the molecule is CN=C(NCCc1c[nH]c2ccc(Cl)cc12)N(C)CC1CCOC1.I. The molecule has 25 heavy (non-hydrogen) atoms. The first-order valence-corrected chi connectivity index (χ1v) is 8.80. The van der Waals surface area contributed by atoms with Gasteiger partial charge in [-0.05, 0) is 36.6 Å². The van der Waals surface area contributed by atoms with E-state index in [-0.39, 0.29) is 24.0 Å². The highest BCUT2D eigenvalue weighted by Gasteiger charge is 2.19. The van der Waals surface area contributed by atoms with Crippen molar-refractivity contribution >= 4 is 52.4 Å². The zero-order valence-corrected chi connectivity index (χ0v) is 17.8. The zero-order chi connectivity index (χ0) is 16.9. The summed E-state index contributed by atoms with van der Waals surface area (Å²) in [4.78, 5) is 9.87. The molecule has 1 saturated heterocycles. The first-order chi connectivity index (χ1) is 11.7. The Bertz CT molecular complexity index is 712. The van der Waals surface area contributed by atoms with Crippen LogP contribution in [0.15, 0.2) is 29.4 Å². The van der Waals surface area contributed by atoms with Crippen LogP contribution in [0.25, 0.3) is 10.9 Å². The van der Waals surface area contributed by atoms with Crippen LogP contribution in [0.5, 0.6) is 0 Å². The Hall–Kier alpha value is -0.990. The van der Waals surface area contributed by atoms with E-state index in [1.807, 2.05) is 25.2 Å². The molecule has 2 heterocycles. The van der Waals surface area contributed by atoms with E-state index in [1.165, 1.54) is 10.9 Å². The summed E-state index contributed by atoms with van der Waals surface area (Å²) >= 11 is 6.11. The van der Waals surface area contributed by atoms with Crippen molar-refractivity contribution in [2.45, 2.75) is 12.8 Å². The number of halogens is 2. The summed E-state index contributed by atoms with van der Waals surface area (Å²) in [5.41, 5.74) is 2.39. The number of fused-ring (bicyclic) bond motifs is 1. The number of aromatic amines is 1. The molecule has 7 heteroatoms. The smallest absolute Gasteiger partial charge is 0.193 e. The molecule has 0 spiro atoms. The van der Waals surface area contributed by atoms with E-state index in [9.17, 15) is 0 Å². The van der Waals surface area contributed by atoms with Gasteiger partial charge in [-0.15, -0.1) is 24.0 Å². The molecule has 2 aromatic rings. The molecule has 138 valence electrons. The molecule has 1 aromatic carbocycles. The minimum Gasteiger partial charge on any atom is -0.381 e. The van der Waals surface area contributed by atoms with Gasteiger partial charge in [0.05, 0.1) is 6.61 Å². The van der Waals surface area contributed by atoms with Gasteiger partial charge in [-0.3, -0.25) is 4.99 Å². The maximum atomic E-state index is 6.11. The maximum absolute atomic E-state index is 6.11. The Labute approximate surface area is 171 Å². The van der Waals surface area contributed by atoms with E-state index in [4.69, 9.17) is 16.3 Å². The molecule has 0 radical (unpaired) electrons. The number of nitrogens with zero attached hydrogens (tertiary/aromatic N) is 2. The molecule has 1 aromatic heterocycles. The largest absolute Gasteiger partial charge is 0.381 e. The predicted molar refractivity (Wildman–Crippen MR) is 115 cm³/mol. The molecule has 0 bridgehead atoms. The number of aromatic nitrogens is 1. The third kappa shape index (κ3) is 5.24. The molecular weight excluding hydrogens is 451 g/mol. The zero-order valence-electron chi connectivity index (χ0n) is 14.7. The Morgan fingerprint density at radius 1 is 1.48 bits per heavy atom. The van der Waals surface area contributed by atoms with Gasteiger partial charge < -0.3 is 19.9 Å². The number of hydrogen-bond donors (Lipinski definition) is 2. The summed E-state index contributed by atoms with van der Waals surface area (Å²) in [6, 6.07) is 5.95. The highest BCUT2D eigenvalue weighted by atomic mass is 127. The summed E-state index contributed by atoms with van der Waals surface area (Å²) < 4.78 is 5.45. The molecule has 0 saturated carbocycles. The van der Waals surface area contributed by atoms with Gasteiger partial charge in [0.1, 0.15) is 0 Å². The number of benzene rings is 1. The molecule has 1 aliphatic heterocycles. The van der Waals surface area contributed by atoms with Gasteiger partial charge in [0, 0.05) is 61.8 Å². The lowest BCUT2D eigenvalue weighted by atomic mass is 10.1. The third-order valence-corrected chi connectivity index (χ3v) is 4.77. The summed E-state index contributed by atoms with van der Waals surface area (Å²) in [5.74, 6) is 1.53. The van der Waals surface area contributed by atoms with Crippen LogP contribution in [0.3, 0.4) is 0 Å². The fraction of sp³-hybridized carbons (Fsp3) is 0.500. The number of hydrogen-bond acceptors (Lipinski definition) is 2. The van der Waals surface area contributed by atoms with Crippen LogP contribution < -0.4 is 5.32 Å². The normalized spacial score (nSPS) is 17.6. The average molecular weight is 477 g/mol. The molecule has 1 atom stereocenters. The Kier molecular flexibility index (Phi) is 7.83. The van der Waals surface area contributed by atoms with Crippen LogP contribution in [0.4, 0.5) is 0 Å². The summed E-state index contributed by atoms with van der Waals surface area (Å²) in [7, 11) is 3.91. The van der Waals surface area contributed by atoms with Crippen molar-refractivity contribution in [3.05, 3.63) is 35.0 Å². The fourth-order valence-electron chi connectivity index (χ4n) is 3.25. The summed E-state index contributed by atoms with van der Waals surface area (Å²) in [5, 5.41) is 5.41. The van der Waals surface area contributed by atoms with Gasteiger partial charge >= 0.3 is 0 Å². The molecule has 3 rings (SSSR count). The predicted octanol–water partition coefficient (Wildman–Crippen LogP) is 3.53. The topological polar surface area (TPSA) is 52.7 Å². The average Bonchev–Trinajstić information content (AvgIpc) is 3.21. The van der Waals surface area contributed by atoms with Crippen molar-refractivity contribution in [3.8, 4) is 0 Å². The minimum absolute atomic E-state index is 0. The molecule has 5 nitrogen and oxygen atoms in total. The molecule has 1 unspecified atom stereocenters. The van der Waals surface area contributed by atoms with E-state index >= 15 is 0 Å². The Balaban J connectivity index is 0.00000225. The van der Waals surface area contributed by atoms with Gasteiger partial charge in [0.25, 0.3) is 0 Å². The van der Waals surface area contributed by atoms with E-state index in [0.29, 0.717) is 5.92 Å². The number of rotatable bonds is 5. The number of ether oxygens (including phenoxy) is 1. The molecule has 2 N–H and O–H groups in total. The number of aliphatic imine (C=N–C) groups is 1. The fourth-order valence-corrected chi connectivity index (χ4v) is 3.42. The van der Waals surface area contributed by atoms with Crippen LogP contribution in [0.1, 0.15) is 12.0 Å². The van der Waals surface area contributed by atoms with Gasteiger partial charge in [0.15, 0.2) is 5.96 Å². The van der Waals surface area contributed by atoms with E-state index in [2.05, 4.69) is 33.4 Å². The quantitative estimate of drug-likeness (QED) is 0.394. The molecule has 1 aliphatic rings. The van der Waals surface area contributed by atoms with Gasteiger partial charge in [-0.25, -0.2) is 0 Å². The van der Waals surface area contributed by atoms with E-state index < -0.39 is 0 Å². The minimum atomic E-state index is 0. The van der Waals surface area contributed by atoms with Crippen LogP contribution in [0.2, 0.25) is 5.02 Å². The van der Waals surface area contributed by atoms with Crippen molar-refractivity contribution in [1.82, 2.24) is 15.2 Å². The Morgan fingerprint density at radius 2 is 2.32 bits per heavy atom. The lowest BCUT2D eigenvalue weighted by Gasteiger charge is -2.24. The first kappa shape index (κ1) is 20.3. The maximum Gasteiger partial charge on any atom is 0.193 e. The summed E-state index contributed by atoms with van der Waals surface area (Å²) in [6.45, 7) is 3.55.